The van der Waals surface area contributed by atoms with Crippen molar-refractivity contribution in [3.63, 3.8) is 0 Å². The van der Waals surface area contributed by atoms with Crippen molar-refractivity contribution in [1.82, 2.24) is 10.2 Å². The molecule has 24 heavy (non-hydrogen) atoms. The zero-order valence-corrected chi connectivity index (χ0v) is 14.3. The van der Waals surface area contributed by atoms with Gasteiger partial charge in [-0.05, 0) is 49.8 Å². The molecule has 2 fully saturated rings. The third-order valence-electron chi connectivity index (χ3n) is 5.00. The summed E-state index contributed by atoms with van der Waals surface area (Å²) < 4.78 is 10.7. The lowest BCUT2D eigenvalue weighted by Crippen LogP contribution is -2.40. The predicted molar refractivity (Wildman–Crippen MR) is 92.7 cm³/mol. The Kier molecular flexibility index (Phi) is 6.49. The van der Waals surface area contributed by atoms with Gasteiger partial charge < -0.3 is 19.7 Å². The van der Waals surface area contributed by atoms with E-state index in [1.807, 2.05) is 30.3 Å². The first-order chi connectivity index (χ1) is 11.8. The normalized spacial score (nSPS) is 22.4. The molecule has 1 aromatic carbocycles. The second-order valence-corrected chi connectivity index (χ2v) is 6.92. The van der Waals surface area contributed by atoms with E-state index in [2.05, 4.69) is 10.2 Å². The molecule has 1 atom stereocenters. The smallest absolute Gasteiger partial charge is 0.407 e. The van der Waals surface area contributed by atoms with Crippen LogP contribution < -0.4 is 5.32 Å². The number of likely N-dealkylation sites (tertiary alicyclic amines) is 1. The lowest BCUT2D eigenvalue weighted by atomic mass is 9.96. The summed E-state index contributed by atoms with van der Waals surface area (Å²) in [7, 11) is 0. The second-order valence-electron chi connectivity index (χ2n) is 6.92. The summed E-state index contributed by atoms with van der Waals surface area (Å²) in [4.78, 5) is 14.3. The highest BCUT2D eigenvalue weighted by atomic mass is 16.5. The van der Waals surface area contributed by atoms with Gasteiger partial charge in [0.2, 0.25) is 0 Å². The maximum absolute atomic E-state index is 11.8. The molecular formula is C19H28N2O3. The first-order valence-electron chi connectivity index (χ1n) is 9.04. The van der Waals surface area contributed by atoms with Crippen LogP contribution in [0.1, 0.15) is 24.8 Å². The second kappa shape index (κ2) is 9.04. The molecule has 5 heteroatoms. The molecule has 5 nitrogen and oxygen atoms in total. The number of nitrogens with zero attached hydrogens (tertiary/aromatic N) is 1. The predicted octanol–water partition coefficient (Wildman–Crippen LogP) is 2.66. The third kappa shape index (κ3) is 5.49. The van der Waals surface area contributed by atoms with Crippen molar-refractivity contribution in [2.24, 2.45) is 11.8 Å². The average molecular weight is 332 g/mol. The standard InChI is InChI=1S/C19H28N2O3/c22-19(24-15-17-4-2-1-3-5-17)20-12-16-6-9-21(10-7-16)13-18-8-11-23-14-18/h1-5,16,18H,6-15H2,(H,20,22)/t18-/m1/s1. The van der Waals surface area contributed by atoms with Gasteiger partial charge in [0, 0.05) is 19.7 Å². The van der Waals surface area contributed by atoms with E-state index in [0.29, 0.717) is 25.0 Å². The third-order valence-corrected chi connectivity index (χ3v) is 5.00. The van der Waals surface area contributed by atoms with E-state index in [1.54, 1.807) is 0 Å². The lowest BCUT2D eigenvalue weighted by Gasteiger charge is -2.33. The zero-order chi connectivity index (χ0) is 16.6. The lowest BCUT2D eigenvalue weighted by molar-refractivity contribution is 0.126. The minimum absolute atomic E-state index is 0.315. The number of nitrogens with one attached hydrogen (secondary N) is 1. The minimum atomic E-state index is -0.315. The fourth-order valence-electron chi connectivity index (χ4n) is 3.47. The van der Waals surface area contributed by atoms with Gasteiger partial charge in [-0.1, -0.05) is 30.3 Å². The largest absolute Gasteiger partial charge is 0.445 e. The van der Waals surface area contributed by atoms with E-state index in [0.717, 1.165) is 44.7 Å². The number of rotatable bonds is 6. The van der Waals surface area contributed by atoms with Gasteiger partial charge in [-0.3, -0.25) is 0 Å². The Balaban J connectivity index is 1.28. The highest BCUT2D eigenvalue weighted by molar-refractivity contribution is 5.67. The van der Waals surface area contributed by atoms with Crippen LogP contribution >= 0.6 is 0 Å². The molecule has 2 aliphatic heterocycles. The zero-order valence-electron chi connectivity index (χ0n) is 14.3. The minimum Gasteiger partial charge on any atom is -0.445 e. The molecular weight excluding hydrogens is 304 g/mol. The molecule has 0 radical (unpaired) electrons. The van der Waals surface area contributed by atoms with Crippen LogP contribution in [-0.2, 0) is 16.1 Å². The molecule has 0 spiro atoms. The van der Waals surface area contributed by atoms with Crippen LogP contribution in [0.5, 0.6) is 0 Å². The van der Waals surface area contributed by atoms with Crippen molar-refractivity contribution in [3.05, 3.63) is 35.9 Å². The molecule has 2 aliphatic rings. The van der Waals surface area contributed by atoms with Gasteiger partial charge in [0.05, 0.1) is 6.61 Å². The van der Waals surface area contributed by atoms with Gasteiger partial charge in [0.25, 0.3) is 0 Å². The molecule has 3 rings (SSSR count). The van der Waals surface area contributed by atoms with E-state index in [4.69, 9.17) is 9.47 Å². The molecule has 0 saturated carbocycles. The Morgan fingerprint density at radius 2 is 1.96 bits per heavy atom. The van der Waals surface area contributed by atoms with Crippen molar-refractivity contribution in [3.8, 4) is 0 Å². The van der Waals surface area contributed by atoms with Crippen LogP contribution in [-0.4, -0.2) is 50.4 Å². The van der Waals surface area contributed by atoms with Gasteiger partial charge in [0.1, 0.15) is 6.61 Å². The van der Waals surface area contributed by atoms with E-state index in [1.165, 1.54) is 13.0 Å². The Morgan fingerprint density at radius 1 is 1.17 bits per heavy atom. The topological polar surface area (TPSA) is 50.8 Å². The summed E-state index contributed by atoms with van der Waals surface area (Å²) in [6, 6.07) is 9.76. The van der Waals surface area contributed by atoms with Gasteiger partial charge in [0.15, 0.2) is 0 Å². The number of ether oxygens (including phenoxy) is 2. The molecule has 2 heterocycles. The van der Waals surface area contributed by atoms with Gasteiger partial charge in [-0.25, -0.2) is 4.79 Å². The Labute approximate surface area is 144 Å². The van der Waals surface area contributed by atoms with E-state index in [-0.39, 0.29) is 6.09 Å². The molecule has 1 amide bonds. The molecule has 1 N–H and O–H groups in total. The highest BCUT2D eigenvalue weighted by Gasteiger charge is 2.24. The first-order valence-corrected chi connectivity index (χ1v) is 9.04. The molecule has 0 aliphatic carbocycles. The van der Waals surface area contributed by atoms with Crippen molar-refractivity contribution in [2.75, 3.05) is 39.4 Å². The van der Waals surface area contributed by atoms with Crippen molar-refractivity contribution >= 4 is 6.09 Å². The van der Waals surface area contributed by atoms with Gasteiger partial charge in [-0.15, -0.1) is 0 Å². The van der Waals surface area contributed by atoms with Gasteiger partial charge in [-0.2, -0.15) is 0 Å². The number of hydrogen-bond acceptors (Lipinski definition) is 4. The van der Waals surface area contributed by atoms with Crippen molar-refractivity contribution in [2.45, 2.75) is 25.9 Å². The number of piperidine rings is 1. The monoisotopic (exact) mass is 332 g/mol. The molecule has 0 bridgehead atoms. The van der Waals surface area contributed by atoms with Crippen LogP contribution in [0.25, 0.3) is 0 Å². The summed E-state index contributed by atoms with van der Waals surface area (Å²) in [5, 5.41) is 2.91. The molecule has 132 valence electrons. The fraction of sp³-hybridized carbons (Fsp3) is 0.632. The summed E-state index contributed by atoms with van der Waals surface area (Å²) >= 11 is 0. The summed E-state index contributed by atoms with van der Waals surface area (Å²) in [5.74, 6) is 1.28. The Morgan fingerprint density at radius 3 is 2.67 bits per heavy atom. The molecule has 2 saturated heterocycles. The van der Waals surface area contributed by atoms with E-state index >= 15 is 0 Å². The van der Waals surface area contributed by atoms with E-state index in [9.17, 15) is 4.79 Å². The quantitative estimate of drug-likeness (QED) is 0.870. The maximum atomic E-state index is 11.8. The van der Waals surface area contributed by atoms with Crippen molar-refractivity contribution in [1.29, 1.82) is 0 Å². The van der Waals surface area contributed by atoms with Crippen LogP contribution in [0.2, 0.25) is 0 Å². The number of carbonyl (C=O) groups is 1. The number of alkyl carbamates (subject to hydrolysis) is 1. The number of amides is 1. The number of benzene rings is 1. The maximum Gasteiger partial charge on any atom is 0.407 e. The molecule has 1 aromatic rings. The first kappa shape index (κ1) is 17.2. The van der Waals surface area contributed by atoms with Gasteiger partial charge >= 0.3 is 6.09 Å². The van der Waals surface area contributed by atoms with Crippen LogP contribution in [0.4, 0.5) is 4.79 Å². The summed E-state index contributed by atoms with van der Waals surface area (Å²) in [6.07, 6.45) is 3.18. The average Bonchev–Trinajstić information content (AvgIpc) is 3.13. The van der Waals surface area contributed by atoms with Crippen LogP contribution in [0.3, 0.4) is 0 Å². The summed E-state index contributed by atoms with van der Waals surface area (Å²) in [6.45, 7) is 6.32. The summed E-state index contributed by atoms with van der Waals surface area (Å²) in [5.41, 5.74) is 1.01. The molecule has 0 aromatic heterocycles. The van der Waals surface area contributed by atoms with E-state index < -0.39 is 0 Å². The number of hydrogen-bond donors (Lipinski definition) is 1. The molecule has 0 unspecified atom stereocenters. The highest BCUT2D eigenvalue weighted by Crippen LogP contribution is 2.20. The number of carbonyl (C=O) groups excluding carboxylic acids is 1. The Hall–Kier alpha value is -1.59. The van der Waals surface area contributed by atoms with Crippen molar-refractivity contribution < 1.29 is 14.3 Å². The Bertz CT molecular complexity index is 495. The van der Waals surface area contributed by atoms with Crippen LogP contribution in [0, 0.1) is 11.8 Å². The van der Waals surface area contributed by atoms with Crippen LogP contribution in [0.15, 0.2) is 30.3 Å². The fourth-order valence-corrected chi connectivity index (χ4v) is 3.47. The SMILES string of the molecule is O=C(NCC1CCN(C[C@H]2CCOC2)CC1)OCc1ccccc1.